The van der Waals surface area contributed by atoms with E-state index < -0.39 is 6.29 Å². The average molecular weight is 563 g/mol. The van der Waals surface area contributed by atoms with Gasteiger partial charge in [-0.15, -0.1) is 0 Å². The normalized spacial score (nSPS) is 14.9. The summed E-state index contributed by atoms with van der Waals surface area (Å²) in [6, 6.07) is 16.6. The largest absolute Gasteiger partial charge is 0.388 e. The fourth-order valence-electron chi connectivity index (χ4n) is 5.02. The van der Waals surface area contributed by atoms with Crippen molar-refractivity contribution in [3.63, 3.8) is 0 Å². The van der Waals surface area contributed by atoms with Crippen LogP contribution in [0.25, 0.3) is 22.2 Å². The Morgan fingerprint density at radius 2 is 1.95 bits per heavy atom. The summed E-state index contributed by atoms with van der Waals surface area (Å²) >= 11 is 1.66. The number of hydrazine groups is 1. The summed E-state index contributed by atoms with van der Waals surface area (Å²) in [5.41, 5.74) is 15.9. The van der Waals surface area contributed by atoms with Gasteiger partial charge < -0.3 is 15.0 Å². The zero-order chi connectivity index (χ0) is 28.5. The predicted octanol–water partition coefficient (Wildman–Crippen LogP) is 4.80. The van der Waals surface area contributed by atoms with Crippen molar-refractivity contribution in [1.29, 1.82) is 5.41 Å². The number of carbonyl (C=O) groups excluding carboxylic acids is 1. The molecule has 0 spiro atoms. The molecule has 1 fully saturated rings. The van der Waals surface area contributed by atoms with Crippen LogP contribution < -0.4 is 22.9 Å². The van der Waals surface area contributed by atoms with Gasteiger partial charge in [-0.05, 0) is 73.4 Å². The third-order valence-electron chi connectivity index (χ3n) is 7.04. The Morgan fingerprint density at radius 3 is 2.62 bits per heavy atom. The van der Waals surface area contributed by atoms with Gasteiger partial charge in [0.15, 0.2) is 6.29 Å². The number of carbonyl (C=O) groups is 1. The molecule has 1 amide bonds. The van der Waals surface area contributed by atoms with Crippen LogP contribution in [0.4, 0.5) is 0 Å². The molecule has 212 valence electrons. The lowest BCUT2D eigenvalue weighted by atomic mass is 9.98. The number of fused-ring (bicyclic) bond motifs is 1. The molecule has 0 radical (unpaired) electrons. The molecule has 9 nitrogen and oxygen atoms in total. The van der Waals surface area contributed by atoms with Gasteiger partial charge in [-0.25, -0.2) is 10.3 Å². The van der Waals surface area contributed by atoms with E-state index in [1.54, 1.807) is 11.3 Å². The first-order chi connectivity index (χ1) is 19.5. The standard InChI is InChI=1S/C30H34N4O3S.H4N2/c1-20-5-7-21(8-6-20)9-11-24-25-18-22(30(35)33-37-28-4-2-3-16-36-28)10-12-26(25)34(15-13-27(31)32)29(24)23-14-17-38-19-23;1-2/h5-8,10,12,14,17-19,28H,2-4,9,11,13,15-16H2,1H3,(H3,31,32)(H,33,35);1-2H2. The molecule has 0 aliphatic carbocycles. The van der Waals surface area contributed by atoms with Crippen molar-refractivity contribution < 1.29 is 14.4 Å². The van der Waals surface area contributed by atoms with Gasteiger partial charge in [-0.2, -0.15) is 11.3 Å². The fourth-order valence-corrected chi connectivity index (χ4v) is 5.66. The molecule has 0 bridgehead atoms. The first-order valence-corrected chi connectivity index (χ1v) is 14.4. The number of hydrogen-bond acceptors (Lipinski definition) is 7. The number of aryl methyl sites for hydroxylation is 4. The van der Waals surface area contributed by atoms with E-state index in [4.69, 9.17) is 20.7 Å². The van der Waals surface area contributed by atoms with Crippen LogP contribution in [0.5, 0.6) is 0 Å². The lowest BCUT2D eigenvalue weighted by molar-refractivity contribution is -0.186. The molecular weight excluding hydrogens is 524 g/mol. The fraction of sp³-hybridized carbons (Fsp3) is 0.333. The van der Waals surface area contributed by atoms with Crippen molar-refractivity contribution in [2.24, 2.45) is 17.4 Å². The van der Waals surface area contributed by atoms with E-state index in [0.29, 0.717) is 25.1 Å². The summed E-state index contributed by atoms with van der Waals surface area (Å²) < 4.78 is 7.82. The summed E-state index contributed by atoms with van der Waals surface area (Å²) in [5, 5.41) is 13.1. The number of nitrogens with zero attached hydrogens (tertiary/aromatic N) is 1. The molecule has 1 atom stereocenters. The molecule has 8 N–H and O–H groups in total. The van der Waals surface area contributed by atoms with Crippen LogP contribution in [-0.2, 0) is 29.0 Å². The quantitative estimate of drug-likeness (QED) is 0.0810. The summed E-state index contributed by atoms with van der Waals surface area (Å²) in [4.78, 5) is 18.6. The summed E-state index contributed by atoms with van der Waals surface area (Å²) in [6.45, 7) is 3.34. The molecule has 1 saturated heterocycles. The van der Waals surface area contributed by atoms with Crippen molar-refractivity contribution in [2.75, 3.05) is 6.61 Å². The number of amides is 1. The maximum Gasteiger partial charge on any atom is 0.274 e. The first-order valence-electron chi connectivity index (χ1n) is 13.5. The van der Waals surface area contributed by atoms with Crippen molar-refractivity contribution in [3.8, 4) is 11.3 Å². The van der Waals surface area contributed by atoms with Gasteiger partial charge in [0.1, 0.15) is 0 Å². The highest BCUT2D eigenvalue weighted by Crippen LogP contribution is 2.37. The average Bonchev–Trinajstić information content (AvgIpc) is 3.62. The SMILES string of the molecule is Cc1ccc(CCc2c(-c3ccsc3)n(CCC(=N)N)c3ccc(C(=O)NOC4CCCCO4)cc23)cc1.NN. The summed E-state index contributed by atoms with van der Waals surface area (Å²) in [7, 11) is 0. The Morgan fingerprint density at radius 1 is 1.15 bits per heavy atom. The second-order valence-electron chi connectivity index (χ2n) is 9.83. The van der Waals surface area contributed by atoms with Gasteiger partial charge in [0, 0.05) is 53.4 Å². The highest BCUT2D eigenvalue weighted by Gasteiger charge is 2.22. The third-order valence-corrected chi connectivity index (χ3v) is 7.72. The van der Waals surface area contributed by atoms with Crippen molar-refractivity contribution in [2.45, 2.75) is 58.3 Å². The van der Waals surface area contributed by atoms with Crippen LogP contribution in [0.3, 0.4) is 0 Å². The van der Waals surface area contributed by atoms with Gasteiger partial charge in [0.05, 0.1) is 11.5 Å². The Kier molecular flexibility index (Phi) is 10.5. The van der Waals surface area contributed by atoms with Crippen LogP contribution >= 0.6 is 11.3 Å². The Hall–Kier alpha value is -3.54. The number of hydroxylamine groups is 1. The Bertz CT molecular complexity index is 1410. The molecule has 3 heterocycles. The number of benzene rings is 2. The molecule has 0 saturated carbocycles. The van der Waals surface area contributed by atoms with Crippen molar-refractivity contribution in [1.82, 2.24) is 10.0 Å². The molecule has 1 aliphatic heterocycles. The summed E-state index contributed by atoms with van der Waals surface area (Å²) in [6.07, 6.45) is 4.55. The van der Waals surface area contributed by atoms with Gasteiger partial charge in [-0.3, -0.25) is 21.9 Å². The van der Waals surface area contributed by atoms with Crippen LogP contribution in [0.2, 0.25) is 0 Å². The first kappa shape index (κ1) is 29.4. The smallest absolute Gasteiger partial charge is 0.274 e. The molecule has 10 heteroatoms. The summed E-state index contributed by atoms with van der Waals surface area (Å²) in [5.74, 6) is 7.86. The van der Waals surface area contributed by atoms with Gasteiger partial charge in [0.2, 0.25) is 0 Å². The van der Waals surface area contributed by atoms with Gasteiger partial charge >= 0.3 is 0 Å². The zero-order valence-electron chi connectivity index (χ0n) is 22.8. The van der Waals surface area contributed by atoms with Crippen LogP contribution in [-0.4, -0.2) is 29.2 Å². The number of amidine groups is 1. The molecular formula is C30H38N6O3S. The van der Waals surface area contributed by atoms with Gasteiger partial charge in [0.25, 0.3) is 5.91 Å². The number of nitrogens with two attached hydrogens (primary N) is 3. The Balaban J connectivity index is 0.00000181. The highest BCUT2D eigenvalue weighted by atomic mass is 32.1. The van der Waals surface area contributed by atoms with Crippen molar-refractivity contribution in [3.05, 3.63) is 81.5 Å². The minimum atomic E-state index is -0.403. The second kappa shape index (κ2) is 14.2. The molecule has 40 heavy (non-hydrogen) atoms. The van der Waals surface area contributed by atoms with Crippen molar-refractivity contribution >= 4 is 34.0 Å². The van der Waals surface area contributed by atoms with Gasteiger partial charge in [-0.1, -0.05) is 29.8 Å². The maximum atomic E-state index is 13.0. The topological polar surface area (TPSA) is 154 Å². The number of thiophene rings is 1. The van der Waals surface area contributed by atoms with Crippen LogP contribution in [0.1, 0.15) is 52.7 Å². The van der Waals surface area contributed by atoms with Crippen LogP contribution in [0, 0.1) is 12.3 Å². The van der Waals surface area contributed by atoms with E-state index in [9.17, 15) is 4.79 Å². The monoisotopic (exact) mass is 562 g/mol. The third kappa shape index (κ3) is 7.15. The van der Waals surface area contributed by atoms with E-state index in [-0.39, 0.29) is 11.7 Å². The van der Waals surface area contributed by atoms with E-state index >= 15 is 0 Å². The second-order valence-corrected chi connectivity index (χ2v) is 10.6. The zero-order valence-corrected chi connectivity index (χ0v) is 23.6. The number of ether oxygens (including phenoxy) is 1. The molecule has 2 aromatic carbocycles. The number of aromatic nitrogens is 1. The van der Waals surface area contributed by atoms with E-state index in [1.807, 2.05) is 18.2 Å². The minimum absolute atomic E-state index is 0.155. The molecule has 5 rings (SSSR count). The lowest BCUT2D eigenvalue weighted by Crippen LogP contribution is -2.33. The van der Waals surface area contributed by atoms with Crippen LogP contribution in [0.15, 0.2) is 59.3 Å². The number of rotatable bonds is 10. The maximum absolute atomic E-state index is 13.0. The molecule has 4 aromatic rings. The lowest BCUT2D eigenvalue weighted by Gasteiger charge is -2.22. The minimum Gasteiger partial charge on any atom is -0.388 e. The Labute approximate surface area is 238 Å². The highest BCUT2D eigenvalue weighted by molar-refractivity contribution is 7.08. The van der Waals surface area contributed by atoms with E-state index in [2.05, 4.69) is 69.7 Å². The predicted molar refractivity (Wildman–Crippen MR) is 161 cm³/mol. The number of hydrogen-bond donors (Lipinski definition) is 5. The van der Waals surface area contributed by atoms with E-state index in [1.165, 1.54) is 16.7 Å². The molecule has 1 aliphatic rings. The molecule has 2 aromatic heterocycles. The molecule has 1 unspecified atom stereocenters. The number of nitrogens with one attached hydrogen (secondary N) is 2. The van der Waals surface area contributed by atoms with E-state index in [0.717, 1.165) is 54.3 Å².